The summed E-state index contributed by atoms with van der Waals surface area (Å²) in [7, 11) is 0. The zero-order valence-corrected chi connectivity index (χ0v) is 14.6. The van der Waals surface area contributed by atoms with Gasteiger partial charge in [0.25, 0.3) is 0 Å². The van der Waals surface area contributed by atoms with Crippen molar-refractivity contribution in [1.82, 2.24) is 9.97 Å². The van der Waals surface area contributed by atoms with Crippen molar-refractivity contribution in [2.24, 2.45) is 0 Å². The quantitative estimate of drug-likeness (QED) is 0.685. The number of benzene rings is 2. The third kappa shape index (κ3) is 3.87. The Labute approximate surface area is 151 Å². The molecule has 3 rings (SSSR count). The molecule has 1 aromatic heterocycles. The van der Waals surface area contributed by atoms with Gasteiger partial charge in [0, 0.05) is 22.5 Å². The molecule has 0 aliphatic rings. The maximum Gasteiger partial charge on any atom is 0.229 e. The fourth-order valence-corrected chi connectivity index (χ4v) is 2.55. The maximum absolute atomic E-state index is 9.20. The van der Waals surface area contributed by atoms with Crippen LogP contribution in [0.3, 0.4) is 0 Å². The first-order chi connectivity index (χ1) is 12.1. The zero-order chi connectivity index (χ0) is 17.8. The summed E-state index contributed by atoms with van der Waals surface area (Å²) < 4.78 is 0. The van der Waals surface area contributed by atoms with E-state index in [-0.39, 0.29) is 0 Å². The Morgan fingerprint density at radius 2 is 1.72 bits per heavy atom. The van der Waals surface area contributed by atoms with Gasteiger partial charge in [-0.05, 0) is 43.7 Å². The van der Waals surface area contributed by atoms with Crippen molar-refractivity contribution >= 4 is 34.7 Å². The van der Waals surface area contributed by atoms with Gasteiger partial charge in [-0.15, -0.1) is 0 Å². The minimum absolute atomic E-state index is 0.421. The molecule has 2 aromatic carbocycles. The highest BCUT2D eigenvalue weighted by Gasteiger charge is 2.08. The van der Waals surface area contributed by atoms with E-state index in [2.05, 4.69) is 26.7 Å². The molecule has 25 heavy (non-hydrogen) atoms. The first-order valence-corrected chi connectivity index (χ1v) is 8.08. The third-order valence-electron chi connectivity index (χ3n) is 3.68. The molecular formula is C19H16ClN5. The first kappa shape index (κ1) is 16.7. The molecule has 0 saturated carbocycles. The van der Waals surface area contributed by atoms with Gasteiger partial charge in [-0.1, -0.05) is 29.8 Å². The summed E-state index contributed by atoms with van der Waals surface area (Å²) in [6, 6.07) is 16.9. The van der Waals surface area contributed by atoms with Crippen molar-refractivity contribution < 1.29 is 0 Å². The van der Waals surface area contributed by atoms with E-state index in [1.54, 1.807) is 6.07 Å². The lowest BCUT2D eigenvalue weighted by Gasteiger charge is -2.12. The summed E-state index contributed by atoms with van der Waals surface area (Å²) in [4.78, 5) is 8.87. The van der Waals surface area contributed by atoms with Crippen LogP contribution in [0.15, 0.2) is 48.5 Å². The highest BCUT2D eigenvalue weighted by Crippen LogP contribution is 2.26. The van der Waals surface area contributed by atoms with Crippen LogP contribution in [-0.2, 0) is 0 Å². The normalized spacial score (nSPS) is 10.2. The van der Waals surface area contributed by atoms with Crippen LogP contribution >= 0.6 is 11.6 Å². The van der Waals surface area contributed by atoms with Crippen molar-refractivity contribution in [3.8, 4) is 6.07 Å². The molecule has 0 atom stereocenters. The van der Waals surface area contributed by atoms with Crippen LogP contribution in [0.1, 0.15) is 16.8 Å². The fraction of sp³-hybridized carbons (Fsp3) is 0.105. The third-order valence-corrected chi connectivity index (χ3v) is 4.09. The summed E-state index contributed by atoms with van der Waals surface area (Å²) in [5.41, 5.74) is 3.83. The van der Waals surface area contributed by atoms with Crippen molar-refractivity contribution in [2.45, 2.75) is 13.8 Å². The second-order valence-corrected chi connectivity index (χ2v) is 5.95. The van der Waals surface area contributed by atoms with E-state index < -0.39 is 0 Å². The van der Waals surface area contributed by atoms with Gasteiger partial charge < -0.3 is 10.6 Å². The van der Waals surface area contributed by atoms with Gasteiger partial charge in [0.1, 0.15) is 11.9 Å². The number of nitriles is 1. The zero-order valence-electron chi connectivity index (χ0n) is 13.8. The number of nitrogens with zero attached hydrogens (tertiary/aromatic N) is 3. The smallest absolute Gasteiger partial charge is 0.229 e. The monoisotopic (exact) mass is 349 g/mol. The van der Waals surface area contributed by atoms with E-state index >= 15 is 0 Å². The molecule has 0 amide bonds. The van der Waals surface area contributed by atoms with Crippen molar-refractivity contribution in [3.05, 3.63) is 70.4 Å². The molecule has 0 unspecified atom stereocenters. The van der Waals surface area contributed by atoms with E-state index in [0.717, 1.165) is 16.9 Å². The Bertz CT molecular complexity index is 962. The molecule has 6 heteroatoms. The molecule has 0 bridgehead atoms. The van der Waals surface area contributed by atoms with E-state index in [1.165, 1.54) is 0 Å². The molecule has 3 aromatic rings. The van der Waals surface area contributed by atoms with Crippen molar-refractivity contribution in [1.29, 1.82) is 5.26 Å². The largest absolute Gasteiger partial charge is 0.340 e. The van der Waals surface area contributed by atoms with Gasteiger partial charge in [0.05, 0.1) is 11.3 Å². The fourth-order valence-electron chi connectivity index (χ4n) is 2.38. The Kier molecular flexibility index (Phi) is 4.82. The Morgan fingerprint density at radius 1 is 0.960 bits per heavy atom. The number of hydrogen-bond acceptors (Lipinski definition) is 5. The first-order valence-electron chi connectivity index (χ1n) is 7.71. The van der Waals surface area contributed by atoms with Gasteiger partial charge in [0.15, 0.2) is 0 Å². The van der Waals surface area contributed by atoms with Crippen LogP contribution in [0, 0.1) is 25.2 Å². The predicted molar refractivity (Wildman–Crippen MR) is 101 cm³/mol. The molecule has 0 fully saturated rings. The second kappa shape index (κ2) is 7.20. The Morgan fingerprint density at radius 3 is 2.52 bits per heavy atom. The highest BCUT2D eigenvalue weighted by atomic mass is 35.5. The molecule has 0 aliphatic carbocycles. The summed E-state index contributed by atoms with van der Waals surface area (Å²) >= 11 is 6.17. The summed E-state index contributed by atoms with van der Waals surface area (Å²) in [5, 5.41) is 16.3. The lowest BCUT2D eigenvalue weighted by molar-refractivity contribution is 1.11. The molecule has 5 nitrogen and oxygen atoms in total. The van der Waals surface area contributed by atoms with Gasteiger partial charge in [-0.25, -0.2) is 4.98 Å². The van der Waals surface area contributed by atoms with Gasteiger partial charge >= 0.3 is 0 Å². The molecule has 0 aliphatic heterocycles. The predicted octanol–water partition coefficient (Wildman–Crippen LogP) is 5.11. The van der Waals surface area contributed by atoms with Crippen LogP contribution in [-0.4, -0.2) is 9.97 Å². The molecule has 0 radical (unpaired) electrons. The Hall–Kier alpha value is -3.10. The van der Waals surface area contributed by atoms with Gasteiger partial charge in [-0.3, -0.25) is 0 Å². The average molecular weight is 350 g/mol. The number of aromatic nitrogens is 2. The minimum atomic E-state index is 0.421. The molecule has 1 heterocycles. The summed E-state index contributed by atoms with van der Waals surface area (Å²) in [6.07, 6.45) is 0. The summed E-state index contributed by atoms with van der Waals surface area (Å²) in [6.45, 7) is 3.83. The molecule has 0 saturated heterocycles. The van der Waals surface area contributed by atoms with Crippen LogP contribution < -0.4 is 10.6 Å². The number of halogens is 1. The number of nitrogens with one attached hydrogen (secondary N) is 2. The van der Waals surface area contributed by atoms with E-state index in [4.69, 9.17) is 11.6 Å². The highest BCUT2D eigenvalue weighted by molar-refractivity contribution is 6.31. The number of anilines is 4. The standard InChI is InChI=1S/C19H16ClN5/c1-12-10-18(23-16-9-5-7-15(20)13(16)2)25-19(22-12)24-17-8-4-3-6-14(17)11-21/h3-10H,1-2H3,(H2,22,23,24,25). The minimum Gasteiger partial charge on any atom is -0.340 e. The molecular weight excluding hydrogens is 334 g/mol. The van der Waals surface area contributed by atoms with Crippen LogP contribution in [0.25, 0.3) is 0 Å². The van der Waals surface area contributed by atoms with Crippen LogP contribution in [0.2, 0.25) is 5.02 Å². The topological polar surface area (TPSA) is 73.6 Å². The van der Waals surface area contributed by atoms with E-state index in [9.17, 15) is 5.26 Å². The maximum atomic E-state index is 9.20. The molecule has 0 spiro atoms. The van der Waals surface area contributed by atoms with Crippen molar-refractivity contribution in [3.63, 3.8) is 0 Å². The van der Waals surface area contributed by atoms with E-state index in [1.807, 2.05) is 56.3 Å². The van der Waals surface area contributed by atoms with E-state index in [0.29, 0.717) is 28.0 Å². The number of hydrogen-bond donors (Lipinski definition) is 2. The average Bonchev–Trinajstić information content (AvgIpc) is 2.59. The second-order valence-electron chi connectivity index (χ2n) is 5.54. The van der Waals surface area contributed by atoms with Crippen molar-refractivity contribution in [2.75, 3.05) is 10.6 Å². The summed E-state index contributed by atoms with van der Waals surface area (Å²) in [5.74, 6) is 1.07. The van der Waals surface area contributed by atoms with Gasteiger partial charge in [0.2, 0.25) is 5.95 Å². The van der Waals surface area contributed by atoms with Gasteiger partial charge in [-0.2, -0.15) is 10.2 Å². The lowest BCUT2D eigenvalue weighted by atomic mass is 10.2. The Balaban J connectivity index is 1.91. The molecule has 2 N–H and O–H groups in total. The van der Waals surface area contributed by atoms with Crippen LogP contribution in [0.5, 0.6) is 0 Å². The number of rotatable bonds is 4. The lowest BCUT2D eigenvalue weighted by Crippen LogP contribution is -2.04. The number of para-hydroxylation sites is 1. The number of aryl methyl sites for hydroxylation is 1. The SMILES string of the molecule is Cc1cc(Nc2cccc(Cl)c2C)nc(Nc2ccccc2C#N)n1. The van der Waals surface area contributed by atoms with Crippen LogP contribution in [0.4, 0.5) is 23.1 Å². The molecule has 124 valence electrons.